The Balaban J connectivity index is 2.26. The quantitative estimate of drug-likeness (QED) is 0.834. The minimum absolute atomic E-state index is 0.0438. The van der Waals surface area contributed by atoms with Crippen molar-refractivity contribution in [1.29, 1.82) is 0 Å². The zero-order valence-electron chi connectivity index (χ0n) is 10.4. The number of aryl methyl sites for hydroxylation is 1. The molecule has 94 valence electrons. The summed E-state index contributed by atoms with van der Waals surface area (Å²) in [6, 6.07) is 2.85. The van der Waals surface area contributed by atoms with Crippen LogP contribution in [0, 0.1) is 24.5 Å². The highest BCUT2D eigenvalue weighted by Gasteiger charge is 2.26. The highest BCUT2D eigenvalue weighted by molar-refractivity contribution is 5.28. The number of nitrogens with one attached hydrogen (secondary N) is 1. The normalized spacial score (nSPS) is 19.3. The topological polar surface area (TPSA) is 12.0 Å². The summed E-state index contributed by atoms with van der Waals surface area (Å²) in [4.78, 5) is 0. The molecule has 1 aromatic carbocycles. The van der Waals surface area contributed by atoms with Crippen LogP contribution in [0.2, 0.25) is 0 Å². The van der Waals surface area contributed by atoms with Gasteiger partial charge in [0.2, 0.25) is 0 Å². The van der Waals surface area contributed by atoms with Crippen molar-refractivity contribution in [2.75, 3.05) is 13.1 Å². The van der Waals surface area contributed by atoms with Crippen LogP contribution in [0.5, 0.6) is 0 Å². The van der Waals surface area contributed by atoms with Gasteiger partial charge in [0.25, 0.3) is 0 Å². The number of piperidine rings is 1. The van der Waals surface area contributed by atoms with Gasteiger partial charge in [-0.1, -0.05) is 6.92 Å². The van der Waals surface area contributed by atoms with E-state index in [1.54, 1.807) is 6.92 Å². The Morgan fingerprint density at radius 2 is 1.71 bits per heavy atom. The molecule has 3 heteroatoms. The fourth-order valence-electron chi connectivity index (χ4n) is 2.73. The molecule has 1 aliphatic rings. The summed E-state index contributed by atoms with van der Waals surface area (Å²) in [5, 5.41) is 3.27. The highest BCUT2D eigenvalue weighted by Crippen LogP contribution is 2.33. The predicted molar refractivity (Wildman–Crippen MR) is 65.1 cm³/mol. The second-order valence-corrected chi connectivity index (χ2v) is 5.02. The number of rotatable bonds is 2. The summed E-state index contributed by atoms with van der Waals surface area (Å²) in [6.07, 6.45) is 1.99. The lowest BCUT2D eigenvalue weighted by atomic mass is 9.81. The molecule has 0 aliphatic carbocycles. The van der Waals surface area contributed by atoms with Crippen LogP contribution in [0.3, 0.4) is 0 Å². The van der Waals surface area contributed by atoms with Gasteiger partial charge in [-0.3, -0.25) is 0 Å². The number of hydrogen-bond acceptors (Lipinski definition) is 1. The average molecular weight is 239 g/mol. The van der Waals surface area contributed by atoms with E-state index in [-0.39, 0.29) is 11.5 Å². The molecule has 1 aliphatic heterocycles. The Morgan fingerprint density at radius 1 is 1.18 bits per heavy atom. The summed E-state index contributed by atoms with van der Waals surface area (Å²) >= 11 is 0. The van der Waals surface area contributed by atoms with E-state index >= 15 is 0 Å². The van der Waals surface area contributed by atoms with Crippen LogP contribution in [0.15, 0.2) is 12.1 Å². The third kappa shape index (κ3) is 2.65. The van der Waals surface area contributed by atoms with Gasteiger partial charge in [0.05, 0.1) is 0 Å². The molecule has 1 N–H and O–H groups in total. The maximum atomic E-state index is 13.9. The van der Waals surface area contributed by atoms with Gasteiger partial charge < -0.3 is 5.32 Å². The molecule has 17 heavy (non-hydrogen) atoms. The third-order valence-electron chi connectivity index (χ3n) is 3.77. The second-order valence-electron chi connectivity index (χ2n) is 5.02. The fraction of sp³-hybridized carbons (Fsp3) is 0.571. The van der Waals surface area contributed by atoms with Crippen LogP contribution in [0.4, 0.5) is 8.78 Å². The van der Waals surface area contributed by atoms with Crippen molar-refractivity contribution in [3.63, 3.8) is 0 Å². The number of halogens is 2. The van der Waals surface area contributed by atoms with Gasteiger partial charge in [-0.15, -0.1) is 0 Å². The summed E-state index contributed by atoms with van der Waals surface area (Å²) in [7, 11) is 0. The van der Waals surface area contributed by atoms with Crippen molar-refractivity contribution in [1.82, 2.24) is 5.32 Å². The van der Waals surface area contributed by atoms with Crippen molar-refractivity contribution < 1.29 is 8.78 Å². The van der Waals surface area contributed by atoms with E-state index in [9.17, 15) is 8.78 Å². The summed E-state index contributed by atoms with van der Waals surface area (Å²) in [5.41, 5.74) is 0.906. The zero-order valence-corrected chi connectivity index (χ0v) is 10.4. The maximum Gasteiger partial charge on any atom is 0.129 e. The van der Waals surface area contributed by atoms with Gasteiger partial charge in [0.1, 0.15) is 11.6 Å². The lowest BCUT2D eigenvalue weighted by Crippen LogP contribution is -2.30. The van der Waals surface area contributed by atoms with Gasteiger partial charge >= 0.3 is 0 Å². The molecule has 0 saturated carbocycles. The molecular weight excluding hydrogens is 220 g/mol. The highest BCUT2D eigenvalue weighted by atomic mass is 19.1. The summed E-state index contributed by atoms with van der Waals surface area (Å²) in [5.74, 6) is -0.456. The van der Waals surface area contributed by atoms with Crippen LogP contribution in [0.25, 0.3) is 0 Å². The third-order valence-corrected chi connectivity index (χ3v) is 3.77. The van der Waals surface area contributed by atoms with Crippen LogP contribution in [-0.4, -0.2) is 13.1 Å². The Bertz CT molecular complexity index is 374. The van der Waals surface area contributed by atoms with E-state index in [1.165, 1.54) is 12.1 Å². The van der Waals surface area contributed by atoms with Crippen LogP contribution >= 0.6 is 0 Å². The minimum Gasteiger partial charge on any atom is -0.317 e. The van der Waals surface area contributed by atoms with E-state index in [1.807, 2.05) is 6.92 Å². The second kappa shape index (κ2) is 5.13. The molecular formula is C14H19F2N. The van der Waals surface area contributed by atoms with E-state index in [2.05, 4.69) is 5.32 Å². The van der Waals surface area contributed by atoms with Gasteiger partial charge in [0.15, 0.2) is 0 Å². The standard InChI is InChI=1S/C14H19F2N/c1-9-7-12(15)14(13(16)8-9)10(2)11-3-5-17-6-4-11/h7-8,10-11,17H,3-6H2,1-2H3. The average Bonchev–Trinajstić information content (AvgIpc) is 2.28. The zero-order chi connectivity index (χ0) is 12.4. The molecule has 0 bridgehead atoms. The first kappa shape index (κ1) is 12.5. The number of benzene rings is 1. The summed E-state index contributed by atoms with van der Waals surface area (Å²) < 4.78 is 27.7. The molecule has 1 nitrogen and oxygen atoms in total. The Morgan fingerprint density at radius 3 is 2.24 bits per heavy atom. The fourth-order valence-corrected chi connectivity index (χ4v) is 2.73. The lowest BCUT2D eigenvalue weighted by Gasteiger charge is -2.29. The van der Waals surface area contributed by atoms with E-state index in [0.29, 0.717) is 11.5 Å². The van der Waals surface area contributed by atoms with Gasteiger partial charge in [-0.2, -0.15) is 0 Å². The molecule has 1 unspecified atom stereocenters. The lowest BCUT2D eigenvalue weighted by molar-refractivity contribution is 0.319. The van der Waals surface area contributed by atoms with Crippen molar-refractivity contribution in [2.24, 2.45) is 5.92 Å². The first-order valence-electron chi connectivity index (χ1n) is 6.26. The molecule has 1 atom stereocenters. The van der Waals surface area contributed by atoms with E-state index < -0.39 is 11.6 Å². The van der Waals surface area contributed by atoms with E-state index in [0.717, 1.165) is 25.9 Å². The first-order valence-corrected chi connectivity index (χ1v) is 6.26. The molecule has 1 heterocycles. The van der Waals surface area contributed by atoms with Crippen LogP contribution < -0.4 is 5.32 Å². The maximum absolute atomic E-state index is 13.9. The Labute approximate surface area is 101 Å². The molecule has 0 spiro atoms. The molecule has 2 rings (SSSR count). The van der Waals surface area contributed by atoms with Gasteiger partial charge in [-0.25, -0.2) is 8.78 Å². The van der Waals surface area contributed by atoms with Crippen LogP contribution in [0.1, 0.15) is 36.8 Å². The predicted octanol–water partition coefficient (Wildman–Crippen LogP) is 3.38. The SMILES string of the molecule is Cc1cc(F)c(C(C)C2CCNCC2)c(F)c1. The van der Waals surface area contributed by atoms with Crippen molar-refractivity contribution in [3.8, 4) is 0 Å². The smallest absolute Gasteiger partial charge is 0.129 e. The molecule has 1 saturated heterocycles. The van der Waals surface area contributed by atoms with Crippen molar-refractivity contribution >= 4 is 0 Å². The largest absolute Gasteiger partial charge is 0.317 e. The van der Waals surface area contributed by atoms with Crippen LogP contribution in [-0.2, 0) is 0 Å². The molecule has 0 radical (unpaired) electrons. The Kier molecular flexibility index (Phi) is 3.77. The first-order chi connectivity index (χ1) is 8.09. The van der Waals surface area contributed by atoms with E-state index in [4.69, 9.17) is 0 Å². The molecule has 1 fully saturated rings. The summed E-state index contributed by atoms with van der Waals surface area (Å²) in [6.45, 7) is 5.55. The number of hydrogen-bond donors (Lipinski definition) is 1. The van der Waals surface area contributed by atoms with Crippen molar-refractivity contribution in [2.45, 2.75) is 32.6 Å². The molecule has 0 aromatic heterocycles. The molecule has 1 aromatic rings. The minimum atomic E-state index is -0.395. The van der Waals surface area contributed by atoms with Gasteiger partial charge in [0, 0.05) is 5.56 Å². The van der Waals surface area contributed by atoms with Crippen molar-refractivity contribution in [3.05, 3.63) is 34.9 Å². The molecule has 0 amide bonds. The Hall–Kier alpha value is -0.960. The van der Waals surface area contributed by atoms with Gasteiger partial charge in [-0.05, 0) is 62.4 Å². The monoisotopic (exact) mass is 239 g/mol.